The first-order valence-corrected chi connectivity index (χ1v) is 11.3. The zero-order valence-electron chi connectivity index (χ0n) is 14.6. The zero-order valence-corrected chi connectivity index (χ0v) is 18.4. The van der Waals surface area contributed by atoms with Gasteiger partial charge in [-0.2, -0.15) is 0 Å². The van der Waals surface area contributed by atoms with Crippen molar-refractivity contribution in [1.29, 1.82) is 0 Å². The van der Waals surface area contributed by atoms with Crippen LogP contribution in [0.25, 0.3) is 0 Å². The lowest BCUT2D eigenvalue weighted by Crippen LogP contribution is -2.07. The van der Waals surface area contributed by atoms with Crippen molar-refractivity contribution in [3.63, 3.8) is 0 Å². The van der Waals surface area contributed by atoms with E-state index in [4.69, 9.17) is 6.48 Å². The molecule has 0 saturated carbocycles. The van der Waals surface area contributed by atoms with Gasteiger partial charge in [-0.3, -0.25) is 13.8 Å². The average molecular weight is 482 g/mol. The highest BCUT2D eigenvalue weighted by molar-refractivity contribution is 9.09. The van der Waals surface area contributed by atoms with Crippen LogP contribution in [-0.2, 0) is 9.36 Å². The summed E-state index contributed by atoms with van der Waals surface area (Å²) in [5.74, 6) is -0.829. The number of alkyl halides is 2. The van der Waals surface area contributed by atoms with Crippen LogP contribution >= 0.6 is 54.9 Å². The maximum atomic E-state index is 9.96. The quantitative estimate of drug-likeness (QED) is 0.280. The van der Waals surface area contributed by atoms with E-state index >= 15 is 0 Å². The summed E-state index contributed by atoms with van der Waals surface area (Å²) in [5, 5.41) is 4.49. The van der Waals surface area contributed by atoms with E-state index in [0.717, 1.165) is 0 Å². The molecule has 0 saturated heterocycles. The van der Waals surface area contributed by atoms with Gasteiger partial charge >= 0.3 is 11.2 Å². The van der Waals surface area contributed by atoms with Crippen molar-refractivity contribution in [3.05, 3.63) is 11.6 Å². The molecule has 0 aromatic heterocycles. The minimum absolute atomic E-state index is 0.0347. The van der Waals surface area contributed by atoms with Gasteiger partial charge in [0.05, 0.1) is 14.1 Å². The Morgan fingerprint density at radius 1 is 1.26 bits per heavy atom. The molecule has 5 nitrogen and oxygen atoms in total. The van der Waals surface area contributed by atoms with E-state index in [9.17, 15) is 13.8 Å². The van der Waals surface area contributed by atoms with Gasteiger partial charge in [-0.1, -0.05) is 22.0 Å². The van der Waals surface area contributed by atoms with Crippen LogP contribution in [0, 0.1) is 0 Å². The highest BCUT2D eigenvalue weighted by atomic mass is 79.9. The second-order valence-electron chi connectivity index (χ2n) is 3.90. The monoisotopic (exact) mass is 479 g/mol. The number of carbonyl (C=O) groups is 1. The van der Waals surface area contributed by atoms with Gasteiger partial charge in [0.2, 0.25) is 0 Å². The summed E-state index contributed by atoms with van der Waals surface area (Å²) in [6, 6.07) is 0. The van der Waals surface area contributed by atoms with Gasteiger partial charge in [0.25, 0.3) is 0 Å². The maximum Gasteiger partial charge on any atom is 0.339 e. The molecule has 138 valence electrons. The maximum absolute atomic E-state index is 9.96. The van der Waals surface area contributed by atoms with Gasteiger partial charge < -0.3 is 5.11 Å². The molecule has 0 unspecified atom stereocenters. The normalized spacial score (nSPS) is 9.04. The van der Waals surface area contributed by atoms with Crippen LogP contribution in [0.1, 0.15) is 8.29 Å². The molecule has 0 aromatic carbocycles. The molecular weight excluding hydrogens is 456 g/mol. The van der Waals surface area contributed by atoms with Crippen molar-refractivity contribution < 1.29 is 29.4 Å². The molecule has 1 N–H and O–H groups in total. The number of carboxylic acid groups (broad SMARTS) is 1. The Morgan fingerprint density at radius 2 is 1.48 bits per heavy atom. The molecule has 0 amide bonds. The van der Waals surface area contributed by atoms with E-state index in [1.807, 2.05) is 44.3 Å². The fourth-order valence-corrected chi connectivity index (χ4v) is 0.779. The van der Waals surface area contributed by atoms with Crippen molar-refractivity contribution in [2.75, 3.05) is 40.7 Å². The highest BCUT2D eigenvalue weighted by Gasteiger charge is 2.03. The van der Waals surface area contributed by atoms with Gasteiger partial charge in [0, 0.05) is 0 Å². The van der Waals surface area contributed by atoms with Crippen molar-refractivity contribution in [2.24, 2.45) is 0 Å². The fraction of sp³-hybridized carbons (Fsp3) is 0.583. The molecule has 0 radical (unpaired) electrons. The van der Waals surface area contributed by atoms with Crippen molar-refractivity contribution in [1.82, 2.24) is 0 Å². The van der Waals surface area contributed by atoms with Crippen molar-refractivity contribution in [3.8, 4) is 0 Å². The number of rotatable bonds is 3. The van der Waals surface area contributed by atoms with Crippen LogP contribution in [0.4, 0.5) is 4.39 Å². The summed E-state index contributed by atoms with van der Waals surface area (Å²) in [6.45, 7) is 2.04. The second-order valence-corrected chi connectivity index (χ2v) is 11.1. The van der Waals surface area contributed by atoms with E-state index in [0.29, 0.717) is 0 Å². The van der Waals surface area contributed by atoms with E-state index in [1.54, 1.807) is 0 Å². The molecule has 0 rings (SSSR count). The summed E-state index contributed by atoms with van der Waals surface area (Å²) in [7, 11) is 7.08. The molecule has 0 aromatic rings. The molecule has 0 spiro atoms. The summed E-state index contributed by atoms with van der Waals surface area (Å²) in [5.41, 5.74) is 1.22. The van der Waals surface area contributed by atoms with E-state index in [-0.39, 0.29) is 5.33 Å². The number of halogens is 5. The molecule has 0 fully saturated rings. The van der Waals surface area contributed by atoms with Crippen LogP contribution in [0.5, 0.6) is 0 Å². The fourth-order valence-electron chi connectivity index (χ4n) is 0.779. The smallest absolute Gasteiger partial charge is 0.339 e. The van der Waals surface area contributed by atoms with Crippen LogP contribution in [0.15, 0.2) is 11.6 Å². The predicted octanol–water partition coefficient (Wildman–Crippen LogP) is 4.48. The van der Waals surface area contributed by atoms with Crippen LogP contribution in [0.3, 0.4) is 0 Å². The van der Waals surface area contributed by atoms with Gasteiger partial charge in [0.1, 0.15) is 33.5 Å². The Balaban J connectivity index is -0.000000129. The molecule has 0 aliphatic rings. The first-order chi connectivity index (χ1) is 10.7. The molecule has 0 bridgehead atoms. The topological polar surface area (TPSA) is 60.4 Å². The number of hydrogen-bond donors (Lipinski definition) is 1. The summed E-state index contributed by atoms with van der Waals surface area (Å²) >= 11 is 16.6. The molecule has 0 aliphatic carbocycles. The summed E-state index contributed by atoms with van der Waals surface area (Å²) < 4.78 is 29.1. The van der Waals surface area contributed by atoms with Crippen molar-refractivity contribution in [2.45, 2.75) is 6.92 Å². The van der Waals surface area contributed by atoms with Gasteiger partial charge in [-0.15, -0.1) is 0 Å². The lowest BCUT2D eigenvalue weighted by atomic mass is 10.3. The number of carboxylic acids is 1. The van der Waals surface area contributed by atoms with Crippen LogP contribution < -0.4 is 0 Å². The van der Waals surface area contributed by atoms with Crippen molar-refractivity contribution >= 4 is 73.3 Å². The third-order valence-corrected chi connectivity index (χ3v) is 1.74. The first kappa shape index (κ1) is 27.9. The lowest BCUT2D eigenvalue weighted by molar-refractivity contribution is -0.462. The number of aliphatic carboxylic acids is 1. The third-order valence-electron chi connectivity index (χ3n) is 1.26. The standard InChI is InChI=1S/C9H18N2.C2H3BrO2.CH3F.Cl3OP/c1-6-9(7-10(2)3)8-11(4)5;3-1-2(4)5;1-2;1-5(2,3)4/h6-8H,1-5H3;1H2,(H,4,5);1H3;/q+2;;;/i;;1D;. The Hall–Kier alpha value is 0.0600. The summed E-state index contributed by atoms with van der Waals surface area (Å²) in [4.78, 5) is 9.32. The first-order valence-electron chi connectivity index (χ1n) is 6.46. The minimum Gasteiger partial charge on any atom is -0.481 e. The minimum atomic E-state index is -3.22. The van der Waals surface area contributed by atoms with E-state index in [1.165, 1.54) is 5.57 Å². The molecule has 11 heteroatoms. The molecule has 0 atom stereocenters. The Labute approximate surface area is 161 Å². The van der Waals surface area contributed by atoms with Gasteiger partial charge in [0.15, 0.2) is 12.4 Å². The molecule has 0 heterocycles. The zero-order chi connectivity index (χ0) is 20.3. The largest absolute Gasteiger partial charge is 0.481 e. The number of allylic oxidation sites excluding steroid dienone is 2. The van der Waals surface area contributed by atoms with E-state index in [2.05, 4.69) is 68.2 Å². The van der Waals surface area contributed by atoms with Crippen LogP contribution in [0.2, 0.25) is 0 Å². The van der Waals surface area contributed by atoms with Gasteiger partial charge in [-0.05, 0) is 40.6 Å². The average Bonchev–Trinajstić information content (AvgIpc) is 2.36. The summed E-state index contributed by atoms with van der Waals surface area (Å²) in [6.07, 6.45) is 6.25. The lowest BCUT2D eigenvalue weighted by Gasteiger charge is -1.87. The molecular formula is C12H24BrCl3FN2O3P+2. The number of hydrogen-bond acceptors (Lipinski definition) is 2. The van der Waals surface area contributed by atoms with E-state index < -0.39 is 18.3 Å². The molecule has 0 aliphatic heterocycles. The third kappa shape index (κ3) is 61.0. The second kappa shape index (κ2) is 20.1. The predicted molar refractivity (Wildman–Crippen MR) is 104 cm³/mol. The van der Waals surface area contributed by atoms with Gasteiger partial charge in [-0.25, -0.2) is 9.15 Å². The Bertz CT molecular complexity index is 438. The number of nitrogens with zero attached hydrogens (tertiary/aromatic N) is 2. The van der Waals surface area contributed by atoms with Crippen LogP contribution in [-0.4, -0.2) is 73.3 Å². The Kier molecular flexibility index (Phi) is 24.4. The molecule has 23 heavy (non-hydrogen) atoms. The Morgan fingerprint density at radius 3 is 1.57 bits per heavy atom. The highest BCUT2D eigenvalue weighted by Crippen LogP contribution is 2.61. The SMILES string of the molecule is CC=C(C=[N+](C)C)C=[N+](C)C.O=C(O)CBr.O=P(Cl)(Cl)Cl.[2H]CF.